The molecule has 0 saturated carbocycles. The molecule has 0 aliphatic rings. The summed E-state index contributed by atoms with van der Waals surface area (Å²) in [4.78, 5) is 0. The van der Waals surface area contributed by atoms with E-state index in [2.05, 4.69) is 69.3 Å². The molecule has 0 N–H and O–H groups in total. The van der Waals surface area contributed by atoms with Crippen molar-refractivity contribution >= 4 is 0 Å². The van der Waals surface area contributed by atoms with Gasteiger partial charge in [-0.2, -0.15) is 0 Å². The van der Waals surface area contributed by atoms with Gasteiger partial charge in [-0.15, -0.1) is 0 Å². The third-order valence-corrected chi connectivity index (χ3v) is 3.66. The summed E-state index contributed by atoms with van der Waals surface area (Å²) in [5.41, 5.74) is 5.50. The summed E-state index contributed by atoms with van der Waals surface area (Å²) >= 11 is 0. The van der Waals surface area contributed by atoms with Gasteiger partial charge >= 0.3 is 0 Å². The molecule has 0 saturated heterocycles. The normalized spacial score (nSPS) is 10.9. The Morgan fingerprint density at radius 3 is 2.11 bits per heavy atom. The molecule has 0 unspecified atom stereocenters. The quantitative estimate of drug-likeness (QED) is 0.653. The van der Waals surface area contributed by atoms with Crippen LogP contribution in [0, 0.1) is 6.92 Å². The van der Waals surface area contributed by atoms with Gasteiger partial charge in [0.25, 0.3) is 0 Å². The van der Waals surface area contributed by atoms with Gasteiger partial charge in [-0.3, -0.25) is 0 Å². The fourth-order valence-corrected chi connectivity index (χ4v) is 2.61. The van der Waals surface area contributed by atoms with Crippen LogP contribution >= 0.6 is 0 Å². The summed E-state index contributed by atoms with van der Waals surface area (Å²) in [7, 11) is 0. The van der Waals surface area contributed by atoms with Gasteiger partial charge < -0.3 is 0 Å². The van der Waals surface area contributed by atoms with Crippen LogP contribution in [0.5, 0.6) is 0 Å². The van der Waals surface area contributed by atoms with Crippen LogP contribution in [0.4, 0.5) is 0 Å². The second-order valence-corrected chi connectivity index (χ2v) is 5.01. The van der Waals surface area contributed by atoms with Crippen LogP contribution in [-0.2, 0) is 0 Å². The van der Waals surface area contributed by atoms with Gasteiger partial charge in [0.15, 0.2) is 0 Å². The van der Waals surface area contributed by atoms with E-state index in [-0.39, 0.29) is 0 Å². The average molecular weight is 238 g/mol. The third kappa shape index (κ3) is 2.81. The molecule has 0 atom stereocenters. The predicted molar refractivity (Wildman–Crippen MR) is 79.9 cm³/mol. The maximum Gasteiger partial charge on any atom is -0.0167 e. The van der Waals surface area contributed by atoms with Crippen LogP contribution in [0.15, 0.2) is 48.5 Å². The Bertz CT molecular complexity index is 493. The zero-order valence-corrected chi connectivity index (χ0v) is 11.6. The first kappa shape index (κ1) is 12.9. The molecule has 0 fully saturated rings. The van der Waals surface area contributed by atoms with Crippen molar-refractivity contribution in [2.24, 2.45) is 0 Å². The lowest BCUT2D eigenvalue weighted by atomic mass is 9.90. The Morgan fingerprint density at radius 2 is 1.50 bits per heavy atom. The first-order valence-corrected chi connectivity index (χ1v) is 6.91. The maximum absolute atomic E-state index is 2.36. The largest absolute Gasteiger partial charge is 0.0648 e. The van der Waals surface area contributed by atoms with Crippen molar-refractivity contribution in [2.45, 2.75) is 39.5 Å². The molecule has 0 aliphatic carbocycles. The van der Waals surface area contributed by atoms with E-state index >= 15 is 0 Å². The topological polar surface area (TPSA) is 0 Å². The fraction of sp³-hybridized carbons (Fsp3) is 0.333. The summed E-state index contributed by atoms with van der Waals surface area (Å²) in [6.07, 6.45) is 2.43. The number of rotatable bonds is 4. The minimum absolute atomic E-state index is 0.687. The molecule has 0 heteroatoms. The minimum Gasteiger partial charge on any atom is -0.0648 e. The van der Waals surface area contributed by atoms with Crippen molar-refractivity contribution in [1.29, 1.82) is 0 Å². The van der Waals surface area contributed by atoms with Gasteiger partial charge in [0.2, 0.25) is 0 Å². The number of benzene rings is 2. The van der Waals surface area contributed by atoms with Crippen LogP contribution in [0.3, 0.4) is 0 Å². The summed E-state index contributed by atoms with van der Waals surface area (Å²) in [5, 5.41) is 0. The van der Waals surface area contributed by atoms with E-state index in [1.165, 1.54) is 35.1 Å². The highest BCUT2D eigenvalue weighted by Gasteiger charge is 2.09. The minimum atomic E-state index is 0.687. The zero-order valence-electron chi connectivity index (χ0n) is 11.6. The lowest BCUT2D eigenvalue weighted by Gasteiger charge is -2.15. The smallest absolute Gasteiger partial charge is 0.0167 e. The molecular formula is C18H22. The first-order valence-electron chi connectivity index (χ1n) is 6.91. The monoisotopic (exact) mass is 238 g/mol. The molecule has 2 aromatic rings. The average Bonchev–Trinajstić information content (AvgIpc) is 2.40. The van der Waals surface area contributed by atoms with E-state index in [4.69, 9.17) is 0 Å². The second kappa shape index (κ2) is 5.86. The zero-order chi connectivity index (χ0) is 13.0. The van der Waals surface area contributed by atoms with Crippen molar-refractivity contribution in [1.82, 2.24) is 0 Å². The summed E-state index contributed by atoms with van der Waals surface area (Å²) < 4.78 is 0. The highest BCUT2D eigenvalue weighted by molar-refractivity contribution is 5.65. The van der Waals surface area contributed by atoms with Crippen LogP contribution in [0.1, 0.15) is 43.7 Å². The highest BCUT2D eigenvalue weighted by atomic mass is 14.1. The SMILES string of the molecule is CCC(CC)c1cc(C)cc(-c2ccccc2)c1. The third-order valence-electron chi connectivity index (χ3n) is 3.66. The van der Waals surface area contributed by atoms with Crippen molar-refractivity contribution in [3.8, 4) is 11.1 Å². The molecule has 0 spiro atoms. The molecule has 18 heavy (non-hydrogen) atoms. The standard InChI is InChI=1S/C18H22/c1-4-15(5-2)17-11-14(3)12-18(13-17)16-9-7-6-8-10-16/h6-13,15H,4-5H2,1-3H3. The van der Waals surface area contributed by atoms with E-state index in [1.54, 1.807) is 0 Å². The molecule has 2 rings (SSSR count). The molecule has 2 aromatic carbocycles. The van der Waals surface area contributed by atoms with E-state index in [1.807, 2.05) is 0 Å². The molecule has 0 radical (unpaired) electrons. The Labute approximate surface area is 111 Å². The Hall–Kier alpha value is -1.56. The van der Waals surface area contributed by atoms with Gasteiger partial charge in [-0.1, -0.05) is 67.9 Å². The number of hydrogen-bond donors (Lipinski definition) is 0. The van der Waals surface area contributed by atoms with Gasteiger partial charge in [-0.05, 0) is 42.4 Å². The summed E-state index contributed by atoms with van der Waals surface area (Å²) in [6.45, 7) is 6.75. The Morgan fingerprint density at radius 1 is 0.833 bits per heavy atom. The van der Waals surface area contributed by atoms with E-state index in [9.17, 15) is 0 Å². The molecule has 0 amide bonds. The van der Waals surface area contributed by atoms with E-state index in [0.29, 0.717) is 5.92 Å². The lowest BCUT2D eigenvalue weighted by molar-refractivity contribution is 0.641. The second-order valence-electron chi connectivity index (χ2n) is 5.01. The first-order chi connectivity index (χ1) is 8.74. The molecule has 0 aromatic heterocycles. The van der Waals surface area contributed by atoms with Gasteiger partial charge in [0, 0.05) is 0 Å². The Balaban J connectivity index is 2.44. The van der Waals surface area contributed by atoms with Gasteiger partial charge in [0.05, 0.1) is 0 Å². The highest BCUT2D eigenvalue weighted by Crippen LogP contribution is 2.29. The van der Waals surface area contributed by atoms with Crippen molar-refractivity contribution in [3.63, 3.8) is 0 Å². The van der Waals surface area contributed by atoms with Crippen molar-refractivity contribution in [3.05, 3.63) is 59.7 Å². The fourth-order valence-electron chi connectivity index (χ4n) is 2.61. The molecule has 0 heterocycles. The summed E-state index contributed by atoms with van der Waals surface area (Å²) in [6, 6.07) is 17.6. The van der Waals surface area contributed by atoms with Crippen molar-refractivity contribution < 1.29 is 0 Å². The number of aryl methyl sites for hydroxylation is 1. The van der Waals surface area contributed by atoms with Crippen LogP contribution in [0.2, 0.25) is 0 Å². The molecule has 0 aliphatic heterocycles. The lowest BCUT2D eigenvalue weighted by Crippen LogP contribution is -1.96. The van der Waals surface area contributed by atoms with Gasteiger partial charge in [0.1, 0.15) is 0 Å². The molecular weight excluding hydrogens is 216 g/mol. The van der Waals surface area contributed by atoms with E-state index in [0.717, 1.165) is 0 Å². The molecule has 0 bridgehead atoms. The number of hydrogen-bond acceptors (Lipinski definition) is 0. The van der Waals surface area contributed by atoms with Gasteiger partial charge in [-0.25, -0.2) is 0 Å². The molecule has 94 valence electrons. The van der Waals surface area contributed by atoms with Crippen molar-refractivity contribution in [2.75, 3.05) is 0 Å². The van der Waals surface area contributed by atoms with Crippen LogP contribution < -0.4 is 0 Å². The summed E-state index contributed by atoms with van der Waals surface area (Å²) in [5.74, 6) is 0.687. The molecule has 0 nitrogen and oxygen atoms in total. The van der Waals surface area contributed by atoms with Crippen LogP contribution in [0.25, 0.3) is 11.1 Å². The van der Waals surface area contributed by atoms with Crippen LogP contribution in [-0.4, -0.2) is 0 Å². The Kier molecular flexibility index (Phi) is 4.19. The predicted octanol–water partition coefficient (Wildman–Crippen LogP) is 5.57. The van der Waals surface area contributed by atoms with E-state index < -0.39 is 0 Å². The maximum atomic E-state index is 2.36.